The number of amides is 2. The van der Waals surface area contributed by atoms with E-state index in [9.17, 15) is 18.0 Å². The number of nitrogens with one attached hydrogen (secondary N) is 1. The number of carbonyl (C=O) groups is 2. The molecule has 0 unspecified atom stereocenters. The maximum Gasteiger partial charge on any atom is 0.264 e. The first-order chi connectivity index (χ1) is 22.1. The van der Waals surface area contributed by atoms with Gasteiger partial charge in [0.1, 0.15) is 18.4 Å². The molecule has 11 heteroatoms. The van der Waals surface area contributed by atoms with E-state index in [0.717, 1.165) is 35.6 Å². The molecule has 2 amide bonds. The van der Waals surface area contributed by atoms with Gasteiger partial charge in [0.25, 0.3) is 10.0 Å². The molecule has 0 heterocycles. The molecule has 46 heavy (non-hydrogen) atoms. The zero-order valence-electron chi connectivity index (χ0n) is 25.0. The molecule has 1 N–H and O–H groups in total. The lowest BCUT2D eigenvalue weighted by Crippen LogP contribution is -2.54. The predicted octanol–water partition coefficient (Wildman–Crippen LogP) is 7.03. The molecule has 0 radical (unpaired) electrons. The third-order valence-electron chi connectivity index (χ3n) is 8.06. The topological polar surface area (TPSA) is 86.8 Å². The molecule has 4 aromatic carbocycles. The first-order valence-electron chi connectivity index (χ1n) is 15.0. The fraction of sp³-hybridized carbons (Fsp3) is 0.257. The van der Waals surface area contributed by atoms with Crippen molar-refractivity contribution in [3.8, 4) is 0 Å². The van der Waals surface area contributed by atoms with Crippen molar-refractivity contribution < 1.29 is 22.4 Å². The number of hydrogen-bond acceptors (Lipinski definition) is 4. The molecule has 1 saturated carbocycles. The van der Waals surface area contributed by atoms with Crippen molar-refractivity contribution in [2.45, 2.75) is 55.6 Å². The second kappa shape index (κ2) is 15.1. The molecule has 1 aliphatic rings. The summed E-state index contributed by atoms with van der Waals surface area (Å²) < 4.78 is 44.2. The Bertz CT molecular complexity index is 1770. The van der Waals surface area contributed by atoms with Gasteiger partial charge >= 0.3 is 0 Å². The molecule has 1 aliphatic carbocycles. The maximum absolute atomic E-state index is 15.1. The lowest BCUT2D eigenvalue weighted by Gasteiger charge is -2.34. The lowest BCUT2D eigenvalue weighted by molar-refractivity contribution is -0.140. The highest BCUT2D eigenvalue weighted by Crippen LogP contribution is 2.33. The van der Waals surface area contributed by atoms with Crippen LogP contribution in [0.4, 0.5) is 10.1 Å². The van der Waals surface area contributed by atoms with Crippen LogP contribution in [-0.2, 0) is 32.6 Å². The smallest absolute Gasteiger partial charge is 0.264 e. The first kappa shape index (κ1) is 33.4. The van der Waals surface area contributed by atoms with Crippen molar-refractivity contribution in [2.24, 2.45) is 0 Å². The molecule has 4 aromatic rings. The van der Waals surface area contributed by atoms with Gasteiger partial charge in [-0.1, -0.05) is 103 Å². The van der Waals surface area contributed by atoms with Crippen LogP contribution in [0.1, 0.15) is 36.8 Å². The molecule has 7 nitrogen and oxygen atoms in total. The van der Waals surface area contributed by atoms with Gasteiger partial charge in [-0.2, -0.15) is 0 Å². The molecule has 0 saturated heterocycles. The van der Waals surface area contributed by atoms with Gasteiger partial charge in [-0.3, -0.25) is 13.9 Å². The van der Waals surface area contributed by atoms with E-state index in [-0.39, 0.29) is 45.2 Å². The van der Waals surface area contributed by atoms with Crippen LogP contribution in [0.5, 0.6) is 0 Å². The average molecular weight is 683 g/mol. The van der Waals surface area contributed by atoms with Crippen LogP contribution in [0.25, 0.3) is 0 Å². The Kier molecular flexibility index (Phi) is 11.0. The average Bonchev–Trinajstić information content (AvgIpc) is 3.57. The van der Waals surface area contributed by atoms with Crippen molar-refractivity contribution >= 4 is 50.7 Å². The Morgan fingerprint density at radius 3 is 2.17 bits per heavy atom. The fourth-order valence-electron chi connectivity index (χ4n) is 5.64. The summed E-state index contributed by atoms with van der Waals surface area (Å²) in [5.41, 5.74) is 0.958. The van der Waals surface area contributed by atoms with Crippen molar-refractivity contribution in [1.29, 1.82) is 0 Å². The van der Waals surface area contributed by atoms with Gasteiger partial charge in [-0.15, -0.1) is 0 Å². The summed E-state index contributed by atoms with van der Waals surface area (Å²) >= 11 is 12.8. The largest absolute Gasteiger partial charge is 0.352 e. The second-order valence-corrected chi connectivity index (χ2v) is 13.9. The Balaban J connectivity index is 1.59. The quantitative estimate of drug-likeness (QED) is 0.174. The van der Waals surface area contributed by atoms with Crippen molar-refractivity contribution in [2.75, 3.05) is 10.8 Å². The Labute approximate surface area is 279 Å². The number of halogens is 3. The fourth-order valence-corrected chi connectivity index (χ4v) is 7.52. The van der Waals surface area contributed by atoms with E-state index in [1.165, 1.54) is 53.4 Å². The van der Waals surface area contributed by atoms with Crippen LogP contribution in [0.3, 0.4) is 0 Å². The van der Waals surface area contributed by atoms with E-state index < -0.39 is 40.2 Å². The summed E-state index contributed by atoms with van der Waals surface area (Å²) in [5, 5.41) is 3.36. The summed E-state index contributed by atoms with van der Waals surface area (Å²) in [6, 6.07) is 26.0. The molecular weight excluding hydrogens is 648 g/mol. The number of benzene rings is 4. The van der Waals surface area contributed by atoms with Gasteiger partial charge in [0.15, 0.2) is 0 Å². The molecule has 1 fully saturated rings. The van der Waals surface area contributed by atoms with Crippen LogP contribution in [0.15, 0.2) is 108 Å². The van der Waals surface area contributed by atoms with Gasteiger partial charge < -0.3 is 10.2 Å². The number of sulfonamides is 1. The van der Waals surface area contributed by atoms with Gasteiger partial charge in [0, 0.05) is 29.6 Å². The third-order valence-corrected chi connectivity index (χ3v) is 10.4. The number of rotatable bonds is 12. The van der Waals surface area contributed by atoms with E-state index in [1.54, 1.807) is 24.3 Å². The summed E-state index contributed by atoms with van der Waals surface area (Å²) in [4.78, 5) is 29.8. The van der Waals surface area contributed by atoms with E-state index in [0.29, 0.717) is 0 Å². The molecule has 5 rings (SSSR count). The Hall–Kier alpha value is -3.92. The lowest BCUT2D eigenvalue weighted by atomic mass is 10.0. The van der Waals surface area contributed by atoms with Crippen LogP contribution < -0.4 is 9.62 Å². The minimum Gasteiger partial charge on any atom is -0.352 e. The molecule has 0 aliphatic heterocycles. The van der Waals surface area contributed by atoms with Crippen LogP contribution >= 0.6 is 23.2 Å². The van der Waals surface area contributed by atoms with Crippen molar-refractivity contribution in [3.05, 3.63) is 130 Å². The van der Waals surface area contributed by atoms with Crippen LogP contribution in [-0.4, -0.2) is 43.8 Å². The zero-order chi connectivity index (χ0) is 32.7. The van der Waals surface area contributed by atoms with E-state index in [1.807, 2.05) is 30.3 Å². The number of nitrogens with zero attached hydrogens (tertiary/aromatic N) is 2. The molecule has 0 spiro atoms. The summed E-state index contributed by atoms with van der Waals surface area (Å²) in [7, 11) is -4.36. The van der Waals surface area contributed by atoms with Gasteiger partial charge in [0.2, 0.25) is 11.8 Å². The second-order valence-electron chi connectivity index (χ2n) is 11.2. The number of anilines is 1. The SMILES string of the molecule is O=C(NC1CCCC1)[C@@H](Cc1ccccc1)N(Cc1ccccc1F)C(=O)CN(c1cc(Cl)ccc1Cl)S(=O)(=O)c1ccccc1. The van der Waals surface area contributed by atoms with E-state index in [2.05, 4.69) is 5.32 Å². The molecule has 0 bridgehead atoms. The van der Waals surface area contributed by atoms with Crippen molar-refractivity contribution in [3.63, 3.8) is 0 Å². The molecule has 1 atom stereocenters. The number of hydrogen-bond donors (Lipinski definition) is 1. The van der Waals surface area contributed by atoms with Crippen LogP contribution in [0, 0.1) is 5.82 Å². The van der Waals surface area contributed by atoms with Gasteiger partial charge in [-0.25, -0.2) is 12.8 Å². The zero-order valence-corrected chi connectivity index (χ0v) is 27.3. The maximum atomic E-state index is 15.1. The molecule has 240 valence electrons. The standard InChI is InChI=1S/C35H34Cl2FN3O4S/c36-27-19-20-30(37)32(22-27)41(46(44,45)29-16-5-2-6-17-29)24-34(42)40(23-26-13-7-10-18-31(26)38)33(21-25-11-3-1-4-12-25)35(43)39-28-14-8-9-15-28/h1-7,10-13,16-20,22,28,33H,8-9,14-15,21,23-24H2,(H,39,43)/t33-/m1/s1. The van der Waals surface area contributed by atoms with Crippen molar-refractivity contribution in [1.82, 2.24) is 10.2 Å². The number of carbonyl (C=O) groups excluding carboxylic acids is 2. The third kappa shape index (κ3) is 8.07. The van der Waals surface area contributed by atoms with Gasteiger partial charge in [0.05, 0.1) is 15.6 Å². The highest BCUT2D eigenvalue weighted by atomic mass is 35.5. The van der Waals surface area contributed by atoms with Gasteiger partial charge in [-0.05, 0) is 54.8 Å². The minimum atomic E-state index is -4.36. The molecular formula is C35H34Cl2FN3O4S. The summed E-state index contributed by atoms with van der Waals surface area (Å²) in [6.07, 6.45) is 3.74. The predicted molar refractivity (Wildman–Crippen MR) is 179 cm³/mol. The Morgan fingerprint density at radius 1 is 0.870 bits per heavy atom. The minimum absolute atomic E-state index is 0.00720. The van der Waals surface area contributed by atoms with E-state index >= 15 is 4.39 Å². The summed E-state index contributed by atoms with van der Waals surface area (Å²) in [6.45, 7) is -1.00. The van der Waals surface area contributed by atoms with E-state index in [4.69, 9.17) is 23.2 Å². The summed E-state index contributed by atoms with van der Waals surface area (Å²) in [5.74, 6) is -1.67. The van der Waals surface area contributed by atoms with Crippen LogP contribution in [0.2, 0.25) is 10.0 Å². The monoisotopic (exact) mass is 681 g/mol. The highest BCUT2D eigenvalue weighted by Gasteiger charge is 2.36. The first-order valence-corrected chi connectivity index (χ1v) is 17.2. The normalized spacial score (nSPS) is 14.1. The Morgan fingerprint density at radius 2 is 1.50 bits per heavy atom. The molecule has 0 aromatic heterocycles. The highest BCUT2D eigenvalue weighted by molar-refractivity contribution is 7.92.